The Balaban J connectivity index is 1.14. The number of anilines is 6. The lowest BCUT2D eigenvalue weighted by atomic mass is 9.87. The van der Waals surface area contributed by atoms with Gasteiger partial charge in [0.1, 0.15) is 0 Å². The molecule has 74 heavy (non-hydrogen) atoms. The average molecular weight is 949 g/mol. The van der Waals surface area contributed by atoms with Crippen LogP contribution in [-0.4, -0.2) is 8.80 Å². The van der Waals surface area contributed by atoms with Crippen molar-refractivity contribution in [1.29, 1.82) is 0 Å². The molecule has 1 aliphatic rings. The lowest BCUT2D eigenvalue weighted by Gasteiger charge is -2.28. The quantitative estimate of drug-likeness (QED) is 0.151. The maximum atomic E-state index is 2.66. The van der Waals surface area contributed by atoms with Gasteiger partial charge in [-0.1, -0.05) is 169 Å². The van der Waals surface area contributed by atoms with Crippen molar-refractivity contribution >= 4 is 116 Å². The summed E-state index contributed by atoms with van der Waals surface area (Å²) in [5, 5.41) is 10.2. The van der Waals surface area contributed by atoms with Gasteiger partial charge in [0.05, 0.1) is 44.5 Å². The zero-order chi connectivity index (χ0) is 49.3. The Kier molecular flexibility index (Phi) is 9.31. The first-order valence-corrected chi connectivity index (χ1v) is 26.1. The Morgan fingerprint density at radius 3 is 1.30 bits per heavy atom. The second kappa shape index (κ2) is 16.2. The molecule has 0 amide bonds. The third kappa shape index (κ3) is 5.97. The summed E-state index contributed by atoms with van der Waals surface area (Å²) in [7, 11) is 0. The van der Waals surface area contributed by atoms with E-state index in [1.54, 1.807) is 0 Å². The number of fused-ring (bicyclic) bond motifs is 12. The molecule has 0 bridgehead atoms. The van der Waals surface area contributed by atoms with Crippen molar-refractivity contribution in [3.63, 3.8) is 0 Å². The number of allylic oxidation sites excluding steroid dienone is 4. The molecule has 10 aromatic carbocycles. The van der Waals surface area contributed by atoms with Crippen LogP contribution in [0.25, 0.3) is 92.9 Å². The lowest BCUT2D eigenvalue weighted by molar-refractivity contribution is 1.06. The van der Waals surface area contributed by atoms with Gasteiger partial charge in [0.25, 0.3) is 0 Å². The Morgan fingerprint density at radius 2 is 0.824 bits per heavy atom. The molecule has 4 nitrogen and oxygen atoms in total. The van der Waals surface area contributed by atoms with Crippen molar-refractivity contribution in [3.05, 3.63) is 246 Å². The van der Waals surface area contributed by atoms with Crippen molar-refractivity contribution in [2.45, 2.75) is 40.5 Å². The van der Waals surface area contributed by atoms with Crippen molar-refractivity contribution in [3.8, 4) is 11.1 Å². The molecule has 0 N–H and O–H groups in total. The molecule has 4 aromatic heterocycles. The standard InChI is InChI=1S/C70H52N4/c1-43-37-39-55(45(3)41-43)71(49-25-13-7-14-26-49)57-33-19-35-59-63(57)51-29-17-31-53-65-62(48-23-11-6-12-24-48)70-66(61(47-21-9-5-10-22-47)69(65)73(59)67(51)53)54-32-18-30-52-64-58(34-20-36-60(64)74(70)68(52)54)72(50-27-15-8-16-28-50)56-40-38-44(2)42-46(56)4/h5-11,13-23,25-42H,12,24H2,1-4H3. The molecular formula is C70H52N4. The number of aromatic nitrogens is 2. The minimum absolute atomic E-state index is 0.955. The zero-order valence-corrected chi connectivity index (χ0v) is 42.0. The summed E-state index contributed by atoms with van der Waals surface area (Å²) in [6.07, 6.45) is 8.97. The predicted molar refractivity (Wildman–Crippen MR) is 316 cm³/mol. The molecule has 0 aliphatic heterocycles. The maximum absolute atomic E-state index is 2.66. The highest BCUT2D eigenvalue weighted by Gasteiger charge is 2.33. The molecule has 0 fully saturated rings. The van der Waals surface area contributed by atoms with Crippen LogP contribution in [-0.2, 0) is 0 Å². The van der Waals surface area contributed by atoms with Gasteiger partial charge in [-0.3, -0.25) is 0 Å². The molecule has 0 unspecified atom stereocenters. The number of aryl methyl sites for hydroxylation is 4. The van der Waals surface area contributed by atoms with E-state index in [4.69, 9.17) is 0 Å². The number of benzene rings is 10. The highest BCUT2D eigenvalue weighted by molar-refractivity contribution is 6.37. The van der Waals surface area contributed by atoms with E-state index < -0.39 is 0 Å². The van der Waals surface area contributed by atoms with Crippen LogP contribution in [0.1, 0.15) is 40.7 Å². The minimum atomic E-state index is 0.955. The molecule has 0 saturated heterocycles. The van der Waals surface area contributed by atoms with Gasteiger partial charge in [-0.05, 0) is 123 Å². The third-order valence-corrected chi connectivity index (χ3v) is 16.1. The Morgan fingerprint density at radius 1 is 0.378 bits per heavy atom. The van der Waals surface area contributed by atoms with Crippen LogP contribution < -0.4 is 9.80 Å². The molecule has 0 saturated carbocycles. The Hall–Kier alpha value is -9.12. The van der Waals surface area contributed by atoms with E-state index in [0.29, 0.717) is 0 Å². The largest absolute Gasteiger partial charge is 0.310 e. The predicted octanol–water partition coefficient (Wildman–Crippen LogP) is 19.6. The van der Waals surface area contributed by atoms with Crippen LogP contribution in [0.3, 0.4) is 0 Å². The van der Waals surface area contributed by atoms with Crippen LogP contribution in [0, 0.1) is 27.7 Å². The van der Waals surface area contributed by atoms with Gasteiger partial charge in [0.2, 0.25) is 0 Å². The molecule has 0 radical (unpaired) electrons. The molecule has 4 heterocycles. The summed E-state index contributed by atoms with van der Waals surface area (Å²) in [6.45, 7) is 8.85. The van der Waals surface area contributed by atoms with E-state index in [1.165, 1.54) is 143 Å². The average Bonchev–Trinajstić information content (AvgIpc) is 4.20. The molecule has 4 heteroatoms. The highest BCUT2D eigenvalue weighted by atomic mass is 15.2. The molecule has 14 aromatic rings. The van der Waals surface area contributed by atoms with E-state index in [2.05, 4.69) is 265 Å². The van der Waals surface area contributed by atoms with Gasteiger partial charge in [0.15, 0.2) is 0 Å². The molecule has 15 rings (SSSR count). The zero-order valence-electron chi connectivity index (χ0n) is 42.0. The van der Waals surface area contributed by atoms with Gasteiger partial charge < -0.3 is 18.6 Å². The SMILES string of the molecule is Cc1ccc(N(c2ccccc2)c2cccc3c2c2cccc4c5c(-c6ccccc6)c6c(c(C7=CC=CCC7)c5n3c24)c2cccc3c4c(N(c5ccccc5)c5ccc(C)cc5C)cccc4n6c32)c(C)c1. The number of hydrogen-bond acceptors (Lipinski definition) is 2. The van der Waals surface area contributed by atoms with Crippen molar-refractivity contribution in [2.24, 2.45) is 0 Å². The van der Waals surface area contributed by atoms with E-state index >= 15 is 0 Å². The van der Waals surface area contributed by atoms with Crippen LogP contribution in [0.4, 0.5) is 34.1 Å². The summed E-state index contributed by atoms with van der Waals surface area (Å²) < 4.78 is 5.32. The summed E-state index contributed by atoms with van der Waals surface area (Å²) in [5.41, 5.74) is 24.6. The monoisotopic (exact) mass is 948 g/mol. The van der Waals surface area contributed by atoms with Crippen LogP contribution >= 0.6 is 0 Å². The van der Waals surface area contributed by atoms with E-state index in [-0.39, 0.29) is 0 Å². The highest BCUT2D eigenvalue weighted by Crippen LogP contribution is 2.56. The first-order valence-electron chi connectivity index (χ1n) is 26.1. The van der Waals surface area contributed by atoms with Gasteiger partial charge >= 0.3 is 0 Å². The van der Waals surface area contributed by atoms with Crippen molar-refractivity contribution in [2.75, 3.05) is 9.80 Å². The number of hydrogen-bond donors (Lipinski definition) is 0. The lowest BCUT2D eigenvalue weighted by Crippen LogP contribution is -2.11. The second-order valence-electron chi connectivity index (χ2n) is 20.6. The maximum Gasteiger partial charge on any atom is 0.0633 e. The normalized spacial score (nSPS) is 13.1. The molecule has 0 spiro atoms. The van der Waals surface area contributed by atoms with Gasteiger partial charge in [-0.2, -0.15) is 0 Å². The smallest absolute Gasteiger partial charge is 0.0633 e. The molecular weight excluding hydrogens is 897 g/mol. The van der Waals surface area contributed by atoms with Crippen molar-refractivity contribution in [1.82, 2.24) is 8.80 Å². The summed E-state index contributed by atoms with van der Waals surface area (Å²) in [6, 6.07) is 74.8. The van der Waals surface area contributed by atoms with E-state index in [0.717, 1.165) is 24.2 Å². The van der Waals surface area contributed by atoms with Gasteiger partial charge in [0, 0.05) is 77.0 Å². The Labute approximate surface area is 430 Å². The van der Waals surface area contributed by atoms with Crippen LogP contribution in [0.15, 0.2) is 218 Å². The molecule has 0 atom stereocenters. The van der Waals surface area contributed by atoms with E-state index in [1.807, 2.05) is 0 Å². The minimum Gasteiger partial charge on any atom is -0.310 e. The van der Waals surface area contributed by atoms with Crippen LogP contribution in [0.5, 0.6) is 0 Å². The van der Waals surface area contributed by atoms with Gasteiger partial charge in [-0.15, -0.1) is 0 Å². The summed E-state index contributed by atoms with van der Waals surface area (Å²) >= 11 is 0. The third-order valence-electron chi connectivity index (χ3n) is 16.1. The topological polar surface area (TPSA) is 15.3 Å². The number of para-hydroxylation sites is 4. The number of nitrogens with zero attached hydrogens (tertiary/aromatic N) is 4. The fraction of sp³-hybridized carbons (Fsp3) is 0.0857. The first-order chi connectivity index (χ1) is 36.4. The van der Waals surface area contributed by atoms with Gasteiger partial charge in [-0.25, -0.2) is 0 Å². The first kappa shape index (κ1) is 42.6. The Bertz CT molecular complexity index is 4620. The second-order valence-corrected chi connectivity index (χ2v) is 20.6. The van der Waals surface area contributed by atoms with E-state index in [9.17, 15) is 0 Å². The fourth-order valence-electron chi connectivity index (χ4n) is 13.2. The fourth-order valence-corrected chi connectivity index (χ4v) is 13.2. The number of rotatable bonds is 8. The molecule has 352 valence electrons. The summed E-state index contributed by atoms with van der Waals surface area (Å²) in [5.74, 6) is 0. The van der Waals surface area contributed by atoms with Crippen LogP contribution in [0.2, 0.25) is 0 Å². The summed E-state index contributed by atoms with van der Waals surface area (Å²) in [4.78, 5) is 4.96. The molecule has 1 aliphatic carbocycles. The van der Waals surface area contributed by atoms with Crippen molar-refractivity contribution < 1.29 is 0 Å².